The van der Waals surface area contributed by atoms with E-state index in [1.54, 1.807) is 7.11 Å². The van der Waals surface area contributed by atoms with Crippen LogP contribution < -0.4 is 0 Å². The van der Waals surface area contributed by atoms with E-state index in [2.05, 4.69) is 18.0 Å². The molecule has 1 rings (SSSR count). The average Bonchev–Trinajstić information content (AvgIpc) is 2.08. The zero-order chi connectivity index (χ0) is 8.97. The molecule has 2 heteroatoms. The fraction of sp³-hybridized carbons (Fsp3) is 0.500. The Morgan fingerprint density at radius 3 is 2.75 bits per heavy atom. The second-order valence-corrected chi connectivity index (χ2v) is 2.88. The molecule has 0 unspecified atom stereocenters. The number of hydrogen-bond acceptors (Lipinski definition) is 2. The molecule has 0 aliphatic rings. The van der Waals surface area contributed by atoms with E-state index in [9.17, 15) is 0 Å². The Morgan fingerprint density at radius 1 is 1.42 bits per heavy atom. The van der Waals surface area contributed by atoms with E-state index in [0.717, 1.165) is 12.1 Å². The van der Waals surface area contributed by atoms with E-state index in [-0.39, 0.29) is 0 Å². The van der Waals surface area contributed by atoms with Crippen LogP contribution in [-0.2, 0) is 17.8 Å². The van der Waals surface area contributed by atoms with Gasteiger partial charge in [0.25, 0.3) is 0 Å². The summed E-state index contributed by atoms with van der Waals surface area (Å²) in [6, 6.07) is 2.12. The third kappa shape index (κ3) is 2.05. The lowest BCUT2D eigenvalue weighted by Crippen LogP contribution is -1.97. The first-order valence-electron chi connectivity index (χ1n) is 4.21. The number of methoxy groups -OCH3 is 1. The molecular formula is C10H15NO. The van der Waals surface area contributed by atoms with Crippen molar-refractivity contribution >= 4 is 0 Å². The molecule has 0 atom stereocenters. The van der Waals surface area contributed by atoms with E-state index >= 15 is 0 Å². The molecule has 0 aromatic carbocycles. The molecule has 0 saturated carbocycles. The highest BCUT2D eigenvalue weighted by molar-refractivity contribution is 5.25. The van der Waals surface area contributed by atoms with Crippen molar-refractivity contribution in [3.05, 3.63) is 29.1 Å². The van der Waals surface area contributed by atoms with Crippen molar-refractivity contribution in [3.63, 3.8) is 0 Å². The molecule has 0 bridgehead atoms. The summed E-state index contributed by atoms with van der Waals surface area (Å²) < 4.78 is 5.07. The standard InChI is InChI=1S/C10H15NO/c1-4-9-5-8(2)11-6-10(9)7-12-3/h5-6H,4,7H2,1-3H3. The second kappa shape index (κ2) is 4.21. The van der Waals surface area contributed by atoms with Crippen molar-refractivity contribution in [1.82, 2.24) is 4.98 Å². The van der Waals surface area contributed by atoms with E-state index in [4.69, 9.17) is 4.74 Å². The largest absolute Gasteiger partial charge is 0.380 e. The van der Waals surface area contributed by atoms with Crippen molar-refractivity contribution in [2.75, 3.05) is 7.11 Å². The lowest BCUT2D eigenvalue weighted by atomic mass is 10.1. The van der Waals surface area contributed by atoms with Crippen LogP contribution in [-0.4, -0.2) is 12.1 Å². The number of aryl methyl sites for hydroxylation is 2. The van der Waals surface area contributed by atoms with Crippen LogP contribution >= 0.6 is 0 Å². The molecule has 66 valence electrons. The van der Waals surface area contributed by atoms with Crippen molar-refractivity contribution in [2.45, 2.75) is 26.9 Å². The molecule has 0 aliphatic carbocycles. The first-order valence-corrected chi connectivity index (χ1v) is 4.21. The van der Waals surface area contributed by atoms with Gasteiger partial charge in [-0.2, -0.15) is 0 Å². The topological polar surface area (TPSA) is 22.1 Å². The third-order valence-corrected chi connectivity index (χ3v) is 1.90. The first-order chi connectivity index (χ1) is 5.77. The van der Waals surface area contributed by atoms with Gasteiger partial charge in [0.1, 0.15) is 0 Å². The van der Waals surface area contributed by atoms with Gasteiger partial charge in [-0.15, -0.1) is 0 Å². The summed E-state index contributed by atoms with van der Waals surface area (Å²) in [6.07, 6.45) is 2.94. The van der Waals surface area contributed by atoms with Crippen molar-refractivity contribution in [1.29, 1.82) is 0 Å². The van der Waals surface area contributed by atoms with Crippen LogP contribution in [0, 0.1) is 6.92 Å². The Labute approximate surface area is 73.6 Å². The number of hydrogen-bond donors (Lipinski definition) is 0. The molecule has 0 spiro atoms. The van der Waals surface area contributed by atoms with Gasteiger partial charge in [-0.1, -0.05) is 6.92 Å². The molecule has 0 saturated heterocycles. The third-order valence-electron chi connectivity index (χ3n) is 1.90. The molecular weight excluding hydrogens is 150 g/mol. The molecule has 2 nitrogen and oxygen atoms in total. The Kier molecular flexibility index (Phi) is 3.23. The number of rotatable bonds is 3. The molecule has 0 aliphatic heterocycles. The van der Waals surface area contributed by atoms with Crippen LogP contribution in [0.1, 0.15) is 23.7 Å². The fourth-order valence-corrected chi connectivity index (χ4v) is 1.26. The number of pyridine rings is 1. The van der Waals surface area contributed by atoms with Crippen LogP contribution in [0.4, 0.5) is 0 Å². The van der Waals surface area contributed by atoms with Gasteiger partial charge in [0, 0.05) is 19.0 Å². The van der Waals surface area contributed by atoms with E-state index < -0.39 is 0 Å². The van der Waals surface area contributed by atoms with Crippen LogP contribution in [0.15, 0.2) is 12.3 Å². The lowest BCUT2D eigenvalue weighted by molar-refractivity contribution is 0.184. The molecule has 12 heavy (non-hydrogen) atoms. The maximum Gasteiger partial charge on any atom is 0.0730 e. The monoisotopic (exact) mass is 165 g/mol. The van der Waals surface area contributed by atoms with Crippen LogP contribution in [0.2, 0.25) is 0 Å². The van der Waals surface area contributed by atoms with E-state index in [1.165, 1.54) is 11.1 Å². The summed E-state index contributed by atoms with van der Waals surface area (Å²) in [6.45, 7) is 4.82. The lowest BCUT2D eigenvalue weighted by Gasteiger charge is -2.06. The van der Waals surface area contributed by atoms with Gasteiger partial charge in [-0.25, -0.2) is 0 Å². The summed E-state index contributed by atoms with van der Waals surface area (Å²) >= 11 is 0. The maximum absolute atomic E-state index is 5.07. The van der Waals surface area contributed by atoms with Crippen molar-refractivity contribution < 1.29 is 4.74 Å². The average molecular weight is 165 g/mol. The first kappa shape index (κ1) is 9.20. The van der Waals surface area contributed by atoms with Gasteiger partial charge in [0.05, 0.1) is 6.61 Å². The number of ether oxygens (including phenoxy) is 1. The molecule has 0 amide bonds. The van der Waals surface area contributed by atoms with Crippen molar-refractivity contribution in [3.8, 4) is 0 Å². The van der Waals surface area contributed by atoms with Crippen LogP contribution in [0.3, 0.4) is 0 Å². The molecule has 0 fully saturated rings. The highest BCUT2D eigenvalue weighted by Crippen LogP contribution is 2.10. The fourth-order valence-electron chi connectivity index (χ4n) is 1.26. The minimum absolute atomic E-state index is 0.663. The summed E-state index contributed by atoms with van der Waals surface area (Å²) in [7, 11) is 1.71. The highest BCUT2D eigenvalue weighted by Gasteiger charge is 2.00. The van der Waals surface area contributed by atoms with Gasteiger partial charge in [-0.05, 0) is 30.5 Å². The SMILES string of the molecule is CCc1cc(C)ncc1COC. The number of nitrogens with zero attached hydrogens (tertiary/aromatic N) is 1. The van der Waals surface area contributed by atoms with Gasteiger partial charge in [-0.3, -0.25) is 4.98 Å². The van der Waals surface area contributed by atoms with E-state index in [1.807, 2.05) is 13.1 Å². The van der Waals surface area contributed by atoms with Crippen LogP contribution in [0.5, 0.6) is 0 Å². The quantitative estimate of drug-likeness (QED) is 0.684. The van der Waals surface area contributed by atoms with Gasteiger partial charge in [0.15, 0.2) is 0 Å². The van der Waals surface area contributed by atoms with Crippen molar-refractivity contribution in [2.24, 2.45) is 0 Å². The van der Waals surface area contributed by atoms with Gasteiger partial charge >= 0.3 is 0 Å². The highest BCUT2D eigenvalue weighted by atomic mass is 16.5. The minimum atomic E-state index is 0.663. The molecule has 1 aromatic heterocycles. The Hall–Kier alpha value is -0.890. The van der Waals surface area contributed by atoms with Gasteiger partial charge < -0.3 is 4.74 Å². The summed E-state index contributed by atoms with van der Waals surface area (Å²) in [5.41, 5.74) is 3.61. The Bertz CT molecular complexity index is 258. The summed E-state index contributed by atoms with van der Waals surface area (Å²) in [5, 5.41) is 0. The molecule has 1 heterocycles. The predicted octanol–water partition coefficient (Wildman–Crippen LogP) is 2.10. The molecule has 0 radical (unpaired) electrons. The Balaban J connectivity index is 2.94. The zero-order valence-electron chi connectivity index (χ0n) is 7.92. The summed E-state index contributed by atoms with van der Waals surface area (Å²) in [4.78, 5) is 4.23. The molecule has 0 N–H and O–H groups in total. The summed E-state index contributed by atoms with van der Waals surface area (Å²) in [5.74, 6) is 0. The zero-order valence-corrected chi connectivity index (χ0v) is 7.92. The van der Waals surface area contributed by atoms with Gasteiger partial charge in [0.2, 0.25) is 0 Å². The minimum Gasteiger partial charge on any atom is -0.380 e. The second-order valence-electron chi connectivity index (χ2n) is 2.88. The van der Waals surface area contributed by atoms with Crippen LogP contribution in [0.25, 0.3) is 0 Å². The molecule has 1 aromatic rings. The smallest absolute Gasteiger partial charge is 0.0730 e. The maximum atomic E-state index is 5.07. The Morgan fingerprint density at radius 2 is 2.17 bits per heavy atom. The predicted molar refractivity (Wildman–Crippen MR) is 49.1 cm³/mol. The normalized spacial score (nSPS) is 10.2. The van der Waals surface area contributed by atoms with E-state index in [0.29, 0.717) is 6.61 Å². The number of aromatic nitrogens is 1.